The third kappa shape index (κ3) is 3.17. The van der Waals surface area contributed by atoms with Crippen molar-refractivity contribution in [3.63, 3.8) is 0 Å². The van der Waals surface area contributed by atoms with Crippen LogP contribution in [0.2, 0.25) is 0 Å². The average Bonchev–Trinajstić information content (AvgIpc) is 2.92. The van der Waals surface area contributed by atoms with Gasteiger partial charge in [0.05, 0.1) is 18.0 Å². The second-order valence-electron chi connectivity index (χ2n) is 5.35. The van der Waals surface area contributed by atoms with Gasteiger partial charge in [0.25, 0.3) is 0 Å². The lowest BCUT2D eigenvalue weighted by molar-refractivity contribution is -0.122. The van der Waals surface area contributed by atoms with Gasteiger partial charge in [0.2, 0.25) is 5.91 Å². The highest BCUT2D eigenvalue weighted by Gasteiger charge is 2.39. The van der Waals surface area contributed by atoms with Gasteiger partial charge >= 0.3 is 0 Å². The first-order valence-electron chi connectivity index (χ1n) is 7.22. The van der Waals surface area contributed by atoms with Gasteiger partial charge in [-0.1, -0.05) is 25.5 Å². The van der Waals surface area contributed by atoms with Crippen LogP contribution in [0, 0.1) is 11.3 Å². The zero-order chi connectivity index (χ0) is 14.4. The summed E-state index contributed by atoms with van der Waals surface area (Å²) in [5.41, 5.74) is 1.36. The Kier molecular flexibility index (Phi) is 4.75. The van der Waals surface area contributed by atoms with Crippen molar-refractivity contribution in [3.05, 3.63) is 29.8 Å². The molecule has 1 unspecified atom stereocenters. The Balaban J connectivity index is 2.04. The van der Waals surface area contributed by atoms with E-state index in [0.717, 1.165) is 43.5 Å². The highest BCUT2D eigenvalue weighted by molar-refractivity contribution is 5.98. The predicted molar refractivity (Wildman–Crippen MR) is 79.3 cm³/mol. The largest absolute Gasteiger partial charge is 0.324 e. The van der Waals surface area contributed by atoms with Crippen LogP contribution in [-0.4, -0.2) is 18.0 Å². The van der Waals surface area contributed by atoms with Crippen molar-refractivity contribution >= 4 is 11.6 Å². The van der Waals surface area contributed by atoms with Gasteiger partial charge < -0.3 is 10.6 Å². The minimum atomic E-state index is -0.403. The van der Waals surface area contributed by atoms with Gasteiger partial charge in [0.1, 0.15) is 0 Å². The molecular formula is C16H21N3O. The first-order valence-corrected chi connectivity index (χ1v) is 7.22. The van der Waals surface area contributed by atoms with E-state index in [9.17, 15) is 4.79 Å². The maximum Gasteiger partial charge on any atom is 0.244 e. The van der Waals surface area contributed by atoms with E-state index in [1.165, 1.54) is 0 Å². The second kappa shape index (κ2) is 6.53. The van der Waals surface area contributed by atoms with Crippen LogP contribution in [0.1, 0.15) is 38.2 Å². The van der Waals surface area contributed by atoms with E-state index in [1.807, 2.05) is 24.3 Å². The zero-order valence-electron chi connectivity index (χ0n) is 11.9. The van der Waals surface area contributed by atoms with E-state index in [0.29, 0.717) is 6.42 Å². The summed E-state index contributed by atoms with van der Waals surface area (Å²) in [5, 5.41) is 15.0. The van der Waals surface area contributed by atoms with Crippen molar-refractivity contribution in [3.8, 4) is 6.07 Å². The number of amides is 1. The molecule has 4 nitrogen and oxygen atoms in total. The molecule has 1 saturated heterocycles. The van der Waals surface area contributed by atoms with Crippen molar-refractivity contribution in [1.82, 2.24) is 5.32 Å². The van der Waals surface area contributed by atoms with Gasteiger partial charge in [-0.3, -0.25) is 4.79 Å². The predicted octanol–water partition coefficient (Wildman–Crippen LogP) is 2.61. The molecule has 1 aromatic rings. The summed E-state index contributed by atoms with van der Waals surface area (Å²) < 4.78 is 0. The van der Waals surface area contributed by atoms with Crippen LogP contribution in [0.15, 0.2) is 24.3 Å². The normalized spacial score (nSPS) is 21.4. The molecule has 0 saturated carbocycles. The minimum Gasteiger partial charge on any atom is -0.324 e. The molecule has 106 valence electrons. The van der Waals surface area contributed by atoms with Crippen LogP contribution < -0.4 is 10.6 Å². The standard InChI is InChI=1S/C16H21N3O/c1-2-9-16(10-3-12-18-16)15(20)19-14-6-4-13(5-7-14)8-11-17/h4-7,18H,2-3,8-10,12H2,1H3,(H,19,20). The number of nitrogens with one attached hydrogen (secondary N) is 2. The van der Waals surface area contributed by atoms with Crippen LogP contribution in [0.5, 0.6) is 0 Å². The molecule has 0 radical (unpaired) electrons. The molecule has 0 aliphatic carbocycles. The Morgan fingerprint density at radius 3 is 2.75 bits per heavy atom. The number of hydrogen-bond donors (Lipinski definition) is 2. The first-order chi connectivity index (χ1) is 9.70. The van der Waals surface area contributed by atoms with E-state index >= 15 is 0 Å². The molecule has 1 aliphatic rings. The van der Waals surface area contributed by atoms with E-state index < -0.39 is 5.54 Å². The van der Waals surface area contributed by atoms with Crippen molar-refractivity contribution in [2.24, 2.45) is 0 Å². The average molecular weight is 271 g/mol. The number of nitriles is 1. The number of carbonyl (C=O) groups excluding carboxylic acids is 1. The fourth-order valence-electron chi connectivity index (χ4n) is 2.80. The monoisotopic (exact) mass is 271 g/mol. The molecule has 1 fully saturated rings. The lowest BCUT2D eigenvalue weighted by atomic mass is 9.90. The molecule has 1 aliphatic heterocycles. The molecule has 20 heavy (non-hydrogen) atoms. The topological polar surface area (TPSA) is 64.9 Å². The Morgan fingerprint density at radius 2 is 2.20 bits per heavy atom. The number of nitrogens with zero attached hydrogens (tertiary/aromatic N) is 1. The molecule has 4 heteroatoms. The maximum atomic E-state index is 12.5. The third-order valence-corrected chi connectivity index (χ3v) is 3.85. The van der Waals surface area contributed by atoms with Crippen LogP contribution in [0.3, 0.4) is 0 Å². The van der Waals surface area contributed by atoms with Gasteiger partial charge in [-0.2, -0.15) is 5.26 Å². The SMILES string of the molecule is CCCC1(C(=O)Nc2ccc(CC#N)cc2)CCCN1. The lowest BCUT2D eigenvalue weighted by Crippen LogP contribution is -2.50. The summed E-state index contributed by atoms with van der Waals surface area (Å²) in [5.74, 6) is 0.0601. The van der Waals surface area contributed by atoms with Gasteiger partial charge in [-0.05, 0) is 43.5 Å². The van der Waals surface area contributed by atoms with Gasteiger partial charge in [0.15, 0.2) is 0 Å². The Hall–Kier alpha value is -1.86. The molecule has 1 atom stereocenters. The van der Waals surface area contributed by atoms with E-state index in [4.69, 9.17) is 5.26 Å². The maximum absolute atomic E-state index is 12.5. The Bertz CT molecular complexity index is 495. The Labute approximate surface area is 120 Å². The van der Waals surface area contributed by atoms with Crippen molar-refractivity contribution in [2.75, 3.05) is 11.9 Å². The molecule has 0 aromatic heterocycles. The molecule has 1 aromatic carbocycles. The number of anilines is 1. The van der Waals surface area contributed by atoms with Crippen molar-refractivity contribution in [2.45, 2.75) is 44.6 Å². The fourth-order valence-corrected chi connectivity index (χ4v) is 2.80. The summed E-state index contributed by atoms with van der Waals surface area (Å²) in [7, 11) is 0. The van der Waals surface area contributed by atoms with Crippen LogP contribution in [0.25, 0.3) is 0 Å². The smallest absolute Gasteiger partial charge is 0.244 e. The summed E-state index contributed by atoms with van der Waals surface area (Å²) in [6.45, 7) is 3.01. The second-order valence-corrected chi connectivity index (χ2v) is 5.35. The first kappa shape index (κ1) is 14.5. The summed E-state index contributed by atoms with van der Waals surface area (Å²) in [6.07, 6.45) is 4.20. The van der Waals surface area contributed by atoms with Crippen LogP contribution >= 0.6 is 0 Å². The molecule has 2 N–H and O–H groups in total. The summed E-state index contributed by atoms with van der Waals surface area (Å²) in [4.78, 5) is 12.5. The van der Waals surface area contributed by atoms with Crippen LogP contribution in [0.4, 0.5) is 5.69 Å². The Morgan fingerprint density at radius 1 is 1.45 bits per heavy atom. The summed E-state index contributed by atoms with van der Waals surface area (Å²) >= 11 is 0. The van der Waals surface area contributed by atoms with E-state index in [1.54, 1.807) is 0 Å². The molecule has 0 spiro atoms. The number of rotatable bonds is 5. The molecule has 1 heterocycles. The fraction of sp³-hybridized carbons (Fsp3) is 0.500. The number of benzene rings is 1. The lowest BCUT2D eigenvalue weighted by Gasteiger charge is -2.27. The molecule has 2 rings (SSSR count). The van der Waals surface area contributed by atoms with Gasteiger partial charge in [-0.15, -0.1) is 0 Å². The molecule has 0 bridgehead atoms. The molecule has 1 amide bonds. The third-order valence-electron chi connectivity index (χ3n) is 3.85. The highest BCUT2D eigenvalue weighted by atomic mass is 16.2. The van der Waals surface area contributed by atoms with Crippen LogP contribution in [-0.2, 0) is 11.2 Å². The quantitative estimate of drug-likeness (QED) is 0.865. The van der Waals surface area contributed by atoms with Crippen molar-refractivity contribution in [1.29, 1.82) is 5.26 Å². The minimum absolute atomic E-state index is 0.0601. The van der Waals surface area contributed by atoms with Gasteiger partial charge in [-0.25, -0.2) is 0 Å². The molecular weight excluding hydrogens is 250 g/mol. The number of carbonyl (C=O) groups is 1. The van der Waals surface area contributed by atoms with E-state index in [2.05, 4.69) is 23.6 Å². The number of hydrogen-bond acceptors (Lipinski definition) is 3. The summed E-state index contributed by atoms with van der Waals surface area (Å²) in [6, 6.07) is 9.60. The zero-order valence-corrected chi connectivity index (χ0v) is 11.9. The highest BCUT2D eigenvalue weighted by Crippen LogP contribution is 2.26. The van der Waals surface area contributed by atoms with Crippen molar-refractivity contribution < 1.29 is 4.79 Å². The van der Waals surface area contributed by atoms with Gasteiger partial charge in [0, 0.05) is 5.69 Å². The van der Waals surface area contributed by atoms with E-state index in [-0.39, 0.29) is 5.91 Å².